The molecule has 0 amide bonds. The highest BCUT2D eigenvalue weighted by molar-refractivity contribution is 7.78. The summed E-state index contributed by atoms with van der Waals surface area (Å²) in [5.74, 6) is 0. The van der Waals surface area contributed by atoms with E-state index in [1.54, 1.807) is 12.4 Å². The van der Waals surface area contributed by atoms with Crippen molar-refractivity contribution in [1.29, 1.82) is 0 Å². The van der Waals surface area contributed by atoms with Crippen LogP contribution in [0.15, 0.2) is 30.6 Å². The maximum atomic E-state index is 4.54. The fourth-order valence-corrected chi connectivity index (χ4v) is 0.313. The number of rotatable bonds is 0. The first-order chi connectivity index (χ1) is 4.41. The zero-order chi connectivity index (χ0) is 6.95. The molecule has 0 saturated carbocycles. The van der Waals surface area contributed by atoms with E-state index in [1.807, 2.05) is 18.2 Å². The molecule has 0 spiro atoms. The fraction of sp³-hybridized carbons (Fsp3) is 0. The highest BCUT2D eigenvalue weighted by Gasteiger charge is 1.58. The van der Waals surface area contributed by atoms with Crippen LogP contribution in [0.1, 0.15) is 0 Å². The summed E-state index contributed by atoms with van der Waals surface area (Å²) in [5.41, 5.74) is 5.62. The van der Waals surface area contributed by atoms with Crippen LogP contribution in [0.2, 0.25) is 0 Å². The summed E-state index contributed by atoms with van der Waals surface area (Å²) < 4.78 is 0. The molecule has 0 bridgehead atoms. The van der Waals surface area contributed by atoms with Crippen molar-refractivity contribution in [3.05, 3.63) is 30.6 Å². The zero-order valence-electron chi connectivity index (χ0n) is 4.90. The Labute approximate surface area is 59.7 Å². The average Bonchev–Trinajstić information content (AvgIpc) is 1.93. The first-order valence-corrected chi connectivity index (χ1v) is 2.89. The zero-order valence-corrected chi connectivity index (χ0v) is 5.71. The summed E-state index contributed by atoms with van der Waals surface area (Å²) >= 11 is 4.05. The minimum Gasteiger partial charge on any atom is -0.396 e. The van der Waals surface area contributed by atoms with Gasteiger partial charge >= 0.3 is 0 Å². The third kappa shape index (κ3) is 7.04. The van der Waals surface area contributed by atoms with E-state index >= 15 is 0 Å². The monoisotopic (exact) mass is 140 g/mol. The quantitative estimate of drug-likeness (QED) is 0.546. The molecule has 0 atom stereocenters. The van der Waals surface area contributed by atoms with Gasteiger partial charge in [-0.2, -0.15) is 0 Å². The molecule has 9 heavy (non-hydrogen) atoms. The van der Waals surface area contributed by atoms with Crippen molar-refractivity contribution in [2.75, 3.05) is 0 Å². The summed E-state index contributed by atoms with van der Waals surface area (Å²) in [6.45, 7) is 0. The lowest BCUT2D eigenvalue weighted by molar-refractivity contribution is 1.33. The van der Waals surface area contributed by atoms with Crippen LogP contribution in [0, 0.1) is 0 Å². The molecule has 1 aromatic heterocycles. The first kappa shape index (κ1) is 8.04. The Morgan fingerprint density at radius 3 is 1.78 bits per heavy atom. The van der Waals surface area contributed by atoms with E-state index in [1.165, 1.54) is 0 Å². The highest BCUT2D eigenvalue weighted by atomic mass is 32.1. The molecule has 0 saturated heterocycles. The smallest absolute Gasteiger partial charge is 0.0588 e. The maximum absolute atomic E-state index is 4.54. The fourth-order valence-electron chi connectivity index (χ4n) is 0.313. The molecule has 2 N–H and O–H groups in total. The molecular formula is C6H8N2S. The van der Waals surface area contributed by atoms with Gasteiger partial charge in [-0.15, -0.1) is 0 Å². The molecule has 0 aliphatic carbocycles. The van der Waals surface area contributed by atoms with Crippen molar-refractivity contribution < 1.29 is 0 Å². The minimum absolute atomic E-state index is 1.08. The van der Waals surface area contributed by atoms with Crippen molar-refractivity contribution >= 4 is 17.7 Å². The number of hydrogen-bond acceptors (Lipinski definition) is 2. The molecular weight excluding hydrogens is 132 g/mol. The number of hydrogen-bond donors (Lipinski definition) is 1. The van der Waals surface area contributed by atoms with Crippen LogP contribution in [-0.4, -0.2) is 10.5 Å². The van der Waals surface area contributed by atoms with Gasteiger partial charge in [-0.25, -0.2) is 0 Å². The van der Waals surface area contributed by atoms with Crippen LogP contribution in [-0.2, 0) is 0 Å². The van der Waals surface area contributed by atoms with E-state index in [-0.39, 0.29) is 0 Å². The van der Waals surface area contributed by atoms with Gasteiger partial charge in [-0.1, -0.05) is 18.3 Å². The van der Waals surface area contributed by atoms with Crippen molar-refractivity contribution in [2.24, 2.45) is 5.73 Å². The topological polar surface area (TPSA) is 38.9 Å². The summed E-state index contributed by atoms with van der Waals surface area (Å²) in [7, 11) is 0. The number of pyridine rings is 1. The molecule has 1 aromatic rings. The van der Waals surface area contributed by atoms with Crippen LogP contribution in [0.5, 0.6) is 0 Å². The van der Waals surface area contributed by atoms with Crippen molar-refractivity contribution in [3.63, 3.8) is 0 Å². The number of thiocarbonyl (C=S) groups is 1. The van der Waals surface area contributed by atoms with E-state index < -0.39 is 0 Å². The second kappa shape index (κ2) is 7.04. The molecule has 0 fully saturated rings. The van der Waals surface area contributed by atoms with Gasteiger partial charge < -0.3 is 5.73 Å². The van der Waals surface area contributed by atoms with Gasteiger partial charge in [0, 0.05) is 12.4 Å². The number of nitrogens with two attached hydrogens (primary N) is 1. The Morgan fingerprint density at radius 1 is 1.22 bits per heavy atom. The Kier molecular flexibility index (Phi) is 6.29. The Balaban J connectivity index is 0.000000187. The predicted molar refractivity (Wildman–Crippen MR) is 42.1 cm³/mol. The van der Waals surface area contributed by atoms with E-state index in [0.29, 0.717) is 0 Å². The van der Waals surface area contributed by atoms with Crippen LogP contribution in [0.3, 0.4) is 0 Å². The van der Waals surface area contributed by atoms with Crippen LogP contribution >= 0.6 is 12.2 Å². The van der Waals surface area contributed by atoms with Crippen LogP contribution < -0.4 is 5.73 Å². The lowest BCUT2D eigenvalue weighted by atomic mass is 10.5. The molecule has 0 radical (unpaired) electrons. The van der Waals surface area contributed by atoms with Crippen LogP contribution in [0.4, 0.5) is 0 Å². The average molecular weight is 140 g/mol. The molecule has 48 valence electrons. The third-order valence-electron chi connectivity index (χ3n) is 0.566. The lowest BCUT2D eigenvalue weighted by Gasteiger charge is -1.70. The first-order valence-electron chi connectivity index (χ1n) is 2.42. The predicted octanol–water partition coefficient (Wildman–Crippen LogP) is 0.984. The minimum atomic E-state index is 1.08. The summed E-state index contributed by atoms with van der Waals surface area (Å²) in [6.07, 6.45) is 3.50. The standard InChI is InChI=1S/C5H5N.CH3NS/c1-2-4-6-5-3-1;2-1-3/h1-5H;1H,(H2,2,3). The van der Waals surface area contributed by atoms with Gasteiger partial charge in [0.25, 0.3) is 0 Å². The second-order valence-corrected chi connectivity index (χ2v) is 1.43. The van der Waals surface area contributed by atoms with Gasteiger partial charge in [0.15, 0.2) is 0 Å². The number of nitrogens with zero attached hydrogens (tertiary/aromatic N) is 1. The summed E-state index contributed by atoms with van der Waals surface area (Å²) in [5, 5.41) is 0. The molecule has 1 rings (SSSR count). The molecule has 0 aromatic carbocycles. The van der Waals surface area contributed by atoms with Crippen molar-refractivity contribution in [1.82, 2.24) is 4.98 Å². The molecule has 0 aliphatic heterocycles. The van der Waals surface area contributed by atoms with E-state index in [0.717, 1.165) is 5.49 Å². The van der Waals surface area contributed by atoms with Crippen molar-refractivity contribution in [3.8, 4) is 0 Å². The summed E-state index contributed by atoms with van der Waals surface area (Å²) in [4.78, 5) is 3.78. The lowest BCUT2D eigenvalue weighted by Crippen LogP contribution is -1.79. The maximum Gasteiger partial charge on any atom is 0.0588 e. The van der Waals surface area contributed by atoms with Gasteiger partial charge in [-0.05, 0) is 12.1 Å². The largest absolute Gasteiger partial charge is 0.396 e. The molecule has 1 heterocycles. The Hall–Kier alpha value is -0.960. The third-order valence-corrected chi connectivity index (χ3v) is 0.566. The molecule has 0 unspecified atom stereocenters. The van der Waals surface area contributed by atoms with E-state index in [4.69, 9.17) is 0 Å². The molecule has 0 aliphatic rings. The molecule has 2 nitrogen and oxygen atoms in total. The van der Waals surface area contributed by atoms with Gasteiger partial charge in [0.2, 0.25) is 0 Å². The molecule has 3 heteroatoms. The van der Waals surface area contributed by atoms with Gasteiger partial charge in [0.1, 0.15) is 0 Å². The summed E-state index contributed by atoms with van der Waals surface area (Å²) in [6, 6.07) is 5.72. The Bertz CT molecular complexity index is 114. The normalized spacial score (nSPS) is 6.67. The second-order valence-electron chi connectivity index (χ2n) is 1.16. The van der Waals surface area contributed by atoms with Gasteiger partial charge in [0.05, 0.1) is 5.49 Å². The van der Waals surface area contributed by atoms with Gasteiger partial charge in [-0.3, -0.25) is 4.98 Å². The SMILES string of the molecule is NC=S.c1ccncc1. The van der Waals surface area contributed by atoms with E-state index in [9.17, 15) is 0 Å². The van der Waals surface area contributed by atoms with Crippen molar-refractivity contribution in [2.45, 2.75) is 0 Å². The Morgan fingerprint density at radius 2 is 1.67 bits per heavy atom. The number of aromatic nitrogens is 1. The highest BCUT2D eigenvalue weighted by Crippen LogP contribution is 1.73. The van der Waals surface area contributed by atoms with Crippen LogP contribution in [0.25, 0.3) is 0 Å². The van der Waals surface area contributed by atoms with E-state index in [2.05, 4.69) is 22.9 Å².